The van der Waals surface area contributed by atoms with Crippen molar-refractivity contribution >= 4 is 118 Å². The Morgan fingerprint density at radius 2 is 0.842 bits per heavy atom. The summed E-state index contributed by atoms with van der Waals surface area (Å²) in [6, 6.07) is 0.570. The van der Waals surface area contributed by atoms with E-state index in [9.17, 15) is 121 Å². The molecule has 3 aliphatic heterocycles. The molecule has 0 saturated carbocycles. The first-order chi connectivity index (χ1) is 61.7. The molecule has 2 aromatic rings. The monoisotopic (exact) mass is 1870 g/mol. The maximum absolute atomic E-state index is 14.8. The van der Waals surface area contributed by atoms with Gasteiger partial charge in [0.1, 0.15) is 99.7 Å². The van der Waals surface area contributed by atoms with Gasteiger partial charge in [-0.05, 0) is 145 Å². The number of hydrogen-bond donors (Lipinski definition) is 21. The second-order valence-corrected chi connectivity index (χ2v) is 37.7. The zero-order valence-electron chi connectivity index (χ0n) is 78.9. The lowest BCUT2D eigenvalue weighted by Crippen LogP contribution is -2.66. The molecule has 738 valence electrons. The summed E-state index contributed by atoms with van der Waals surface area (Å²) in [6.45, 7) is 22.8. The third kappa shape index (κ3) is 31.7. The Morgan fingerprint density at radius 3 is 1.29 bits per heavy atom. The van der Waals surface area contributed by atoms with Gasteiger partial charge in [-0.2, -0.15) is 0 Å². The highest BCUT2D eigenvalue weighted by molar-refractivity contribution is 6.04. The summed E-state index contributed by atoms with van der Waals surface area (Å²) in [5.41, 5.74) is 0.812. The molecule has 0 aliphatic carbocycles. The number of carbonyl (C=O) groups excluding carboxylic acids is 19. The van der Waals surface area contributed by atoms with Crippen LogP contribution in [0.2, 0.25) is 0 Å². The number of benzene rings is 2. The van der Waals surface area contributed by atoms with Gasteiger partial charge in [0.05, 0.1) is 24.9 Å². The number of aliphatic hydroxyl groups excluding tert-OH is 4. The summed E-state index contributed by atoms with van der Waals surface area (Å²) in [5, 5.41) is 87.9. The lowest BCUT2D eigenvalue weighted by molar-refractivity contribution is -0.148. The van der Waals surface area contributed by atoms with Crippen LogP contribution < -0.4 is 85.9 Å². The summed E-state index contributed by atoms with van der Waals surface area (Å²) in [4.78, 5) is 281. The highest BCUT2D eigenvalue weighted by Gasteiger charge is 2.52. The highest BCUT2D eigenvalue weighted by atomic mass is 16.4. The third-order valence-corrected chi connectivity index (χ3v) is 23.5. The molecule has 16 atom stereocenters. The van der Waals surface area contributed by atoms with Crippen LogP contribution in [0.1, 0.15) is 206 Å². The Labute approximate surface area is 772 Å². The summed E-state index contributed by atoms with van der Waals surface area (Å²) in [7, 11) is 0. The number of primary amides is 2. The van der Waals surface area contributed by atoms with Crippen LogP contribution in [0.25, 0.3) is 0 Å². The number of amides is 19. The lowest BCUT2D eigenvalue weighted by atomic mass is 9.94. The second kappa shape index (κ2) is 47.9. The minimum atomic E-state index is -2.01. The number of aliphatic hydroxyl groups is 4. The molecule has 3 heterocycles. The first kappa shape index (κ1) is 111. The van der Waals surface area contributed by atoms with E-state index >= 15 is 0 Å². The zero-order chi connectivity index (χ0) is 101. The minimum absolute atomic E-state index is 0.0154. The predicted octanol–water partition coefficient (Wildman–Crippen LogP) is -4.88. The average molecular weight is 1870 g/mol. The molecule has 0 radical (unpaired) electrons. The summed E-state index contributed by atoms with van der Waals surface area (Å²) < 4.78 is 0. The van der Waals surface area contributed by atoms with E-state index in [1.807, 2.05) is 0 Å². The first-order valence-corrected chi connectivity index (χ1v) is 44.5. The Balaban J connectivity index is 1.25. The molecule has 2 aromatic carbocycles. The fourth-order valence-corrected chi connectivity index (χ4v) is 15.3. The molecule has 44 nitrogen and oxygen atoms in total. The number of hydrogen-bond acceptors (Lipinski definition) is 24. The Bertz CT molecular complexity index is 4590. The minimum Gasteiger partial charge on any atom is -0.480 e. The molecular formula is C89H137N19O25. The maximum Gasteiger partial charge on any atom is 0.328 e. The number of nitrogens with two attached hydrogens (primary N) is 2. The van der Waals surface area contributed by atoms with Gasteiger partial charge in [0.2, 0.25) is 112 Å². The topological polar surface area (TPSA) is 673 Å². The highest BCUT2D eigenvalue weighted by Crippen LogP contribution is 2.29. The van der Waals surface area contributed by atoms with E-state index in [1.54, 1.807) is 95.3 Å². The SMILES string of the molecule is CCC(C)C(NC(=O)C(C)(C)NC(=O)C(CCC(N)=O)NC(=O)C(C)(CC)NC(=O)C(Cc1ccccc1)NC(C)=O)C(=O)NC(C(=O)NC(C)(C)C(=O)NC(CC(C)C)C(=O)NC(C)(C)C(=O)N1CC(O)CC1C(=O)NC(CCC(N)=O)C(=O)NC(C)(C)C(=O)N1CC(O)CC1C(=O)NC(C)(C)C(=O)N1CCCC1C(=O)NC(Cc1ccccc1)C(=O)NC(CO)C(=O)O)C(C)O. The van der Waals surface area contributed by atoms with E-state index in [1.165, 1.54) is 88.0 Å². The first-order valence-electron chi connectivity index (χ1n) is 44.5. The molecule has 3 aliphatic rings. The van der Waals surface area contributed by atoms with Gasteiger partial charge in [0.25, 0.3) is 0 Å². The van der Waals surface area contributed by atoms with Crippen molar-refractivity contribution in [3.63, 3.8) is 0 Å². The van der Waals surface area contributed by atoms with Crippen LogP contribution in [-0.2, 0) is 109 Å². The molecule has 19 amide bonds. The van der Waals surface area contributed by atoms with Crippen LogP contribution in [0.5, 0.6) is 0 Å². The van der Waals surface area contributed by atoms with Crippen LogP contribution in [0.4, 0.5) is 0 Å². The maximum atomic E-state index is 14.8. The molecule has 16 unspecified atom stereocenters. The van der Waals surface area contributed by atoms with Crippen molar-refractivity contribution in [3.05, 3.63) is 71.8 Å². The predicted molar refractivity (Wildman–Crippen MR) is 479 cm³/mol. The molecule has 133 heavy (non-hydrogen) atoms. The van der Waals surface area contributed by atoms with Gasteiger partial charge in [-0.25, -0.2) is 4.79 Å². The van der Waals surface area contributed by atoms with Crippen LogP contribution in [0.15, 0.2) is 60.7 Å². The van der Waals surface area contributed by atoms with Crippen LogP contribution in [0, 0.1) is 11.8 Å². The van der Waals surface area contributed by atoms with Gasteiger partial charge < -0.3 is 126 Å². The number of carboxylic acid groups (broad SMARTS) is 1. The number of nitrogens with zero attached hydrogens (tertiary/aromatic N) is 3. The summed E-state index contributed by atoms with van der Waals surface area (Å²) >= 11 is 0. The van der Waals surface area contributed by atoms with E-state index < -0.39 is 288 Å². The van der Waals surface area contributed by atoms with E-state index in [0.717, 1.165) is 16.7 Å². The van der Waals surface area contributed by atoms with Crippen molar-refractivity contribution < 1.29 is 121 Å². The second-order valence-electron chi connectivity index (χ2n) is 37.7. The molecule has 3 saturated heterocycles. The fourth-order valence-electron chi connectivity index (χ4n) is 15.3. The Kier molecular flexibility index (Phi) is 40.0. The number of aliphatic carboxylic acids is 1. The molecule has 5 rings (SSSR count). The molecular weight excluding hydrogens is 1740 g/mol. The van der Waals surface area contributed by atoms with Crippen LogP contribution in [0.3, 0.4) is 0 Å². The van der Waals surface area contributed by atoms with Gasteiger partial charge in [-0.1, -0.05) is 102 Å². The number of carboxylic acids is 1. The van der Waals surface area contributed by atoms with Crippen molar-refractivity contribution in [1.29, 1.82) is 0 Å². The molecule has 3 fully saturated rings. The smallest absolute Gasteiger partial charge is 0.328 e. The van der Waals surface area contributed by atoms with Crippen molar-refractivity contribution in [2.75, 3.05) is 26.2 Å². The summed E-state index contributed by atoms with van der Waals surface area (Å²) in [6.07, 6.45) is -6.62. The van der Waals surface area contributed by atoms with Crippen molar-refractivity contribution in [2.24, 2.45) is 23.3 Å². The molecule has 23 N–H and O–H groups in total. The van der Waals surface area contributed by atoms with Gasteiger partial charge in [-0.15, -0.1) is 0 Å². The van der Waals surface area contributed by atoms with Crippen molar-refractivity contribution in [3.8, 4) is 0 Å². The zero-order valence-corrected chi connectivity index (χ0v) is 78.9. The normalized spacial score (nSPS) is 19.1. The van der Waals surface area contributed by atoms with E-state index in [-0.39, 0.29) is 63.8 Å². The van der Waals surface area contributed by atoms with E-state index in [2.05, 4.69) is 74.4 Å². The molecule has 0 spiro atoms. The lowest BCUT2D eigenvalue weighted by Gasteiger charge is -2.37. The van der Waals surface area contributed by atoms with Gasteiger partial charge in [0, 0.05) is 65.1 Å². The van der Waals surface area contributed by atoms with Crippen molar-refractivity contribution in [2.45, 2.75) is 326 Å². The standard InChI is InChI=1S/C89H137N19O25/c1-19-47(5)65(99-79(129)85(10,11)100-69(118)55(34-36-64(91)115)96-80(130)89(18,20-2)105-71(120)58(92-49(7)111)40-51-30-25-22-26-31-51)75(124)98-66(48(6)110)76(125)104-84(8,9)78(128)97-56(38-46(3)4)70(119)102-88(16,17)82(132)107-43-52(112)41-61(107)73(122)93-54(33-35-63(90)114)68(117)101-87(14,15)83(133)108-44-53(113)42-62(108)74(123)103-86(12,13)81(131)106-37-27-32-60(106)72(121)94-57(39-50-28-23-21-24-29-50)67(116)95-59(45-109)77(126)127/h21-26,28-31,46-48,52-62,65-66,109-110,112-113H,19-20,27,32-45H2,1-18H3,(H2,90,114)(H2,91,115)(H,92,111)(H,93,122)(H,94,121)(H,95,116)(H,96,130)(H,97,128)(H,98,124)(H,99,129)(H,100,118)(H,101,117)(H,102,119)(H,103,123)(H,104,125)(H,105,120)(H,126,127). The molecule has 0 aromatic heterocycles. The van der Waals surface area contributed by atoms with E-state index in [4.69, 9.17) is 11.5 Å². The summed E-state index contributed by atoms with van der Waals surface area (Å²) in [5.74, 6) is -20.1. The van der Waals surface area contributed by atoms with Crippen LogP contribution >= 0.6 is 0 Å². The van der Waals surface area contributed by atoms with Gasteiger partial charge >= 0.3 is 5.97 Å². The number of likely N-dealkylation sites (tertiary alicyclic amines) is 3. The number of rotatable bonds is 48. The van der Waals surface area contributed by atoms with Crippen molar-refractivity contribution in [1.82, 2.24) is 89.1 Å². The van der Waals surface area contributed by atoms with Gasteiger partial charge in [-0.3, -0.25) is 91.1 Å². The number of nitrogens with one attached hydrogen (secondary N) is 14. The number of β-amino-alcohol motifs (C(OH)–C–C–N with tert-alkyl or cyclic N) is 2. The average Bonchev–Trinajstić information content (AvgIpc) is 1.66. The quantitative estimate of drug-likeness (QED) is 0.0295. The molecule has 44 heteroatoms. The third-order valence-electron chi connectivity index (χ3n) is 23.5. The molecule has 0 bridgehead atoms. The van der Waals surface area contributed by atoms with Crippen LogP contribution in [-0.4, -0.2) is 303 Å². The number of carbonyl (C=O) groups is 20. The fraction of sp³-hybridized carbons (Fsp3) is 0.640. The van der Waals surface area contributed by atoms with E-state index in [0.29, 0.717) is 17.5 Å². The Hall–Kier alpha value is -12.3. The van der Waals surface area contributed by atoms with Gasteiger partial charge in [0.15, 0.2) is 0 Å². The largest absolute Gasteiger partial charge is 0.480 e. The Morgan fingerprint density at radius 1 is 0.436 bits per heavy atom.